The molecule has 1 aliphatic heterocycles. The van der Waals surface area contributed by atoms with E-state index in [1.54, 1.807) is 6.92 Å². The minimum atomic E-state index is -0.393. The van der Waals surface area contributed by atoms with Crippen molar-refractivity contribution in [1.29, 1.82) is 0 Å². The van der Waals surface area contributed by atoms with Crippen LogP contribution in [0.4, 0.5) is 0 Å². The van der Waals surface area contributed by atoms with Gasteiger partial charge in [-0.1, -0.05) is 0 Å². The average molecular weight is 435 g/mol. The van der Waals surface area contributed by atoms with Gasteiger partial charge in [0.1, 0.15) is 10.2 Å². The van der Waals surface area contributed by atoms with Crippen LogP contribution in [0, 0.1) is 6.92 Å². The van der Waals surface area contributed by atoms with Crippen molar-refractivity contribution in [2.75, 3.05) is 0 Å². The number of fused-ring (bicyclic) bond motifs is 1. The molecule has 2 aliphatic rings. The van der Waals surface area contributed by atoms with Crippen LogP contribution in [-0.4, -0.2) is 21.5 Å². The minimum absolute atomic E-state index is 0.0770. The van der Waals surface area contributed by atoms with E-state index in [1.807, 2.05) is 0 Å². The smallest absolute Gasteiger partial charge is 0.350 e. The van der Waals surface area contributed by atoms with Crippen molar-refractivity contribution in [1.82, 2.24) is 3.93 Å². The fourth-order valence-electron chi connectivity index (χ4n) is 2.30. The van der Waals surface area contributed by atoms with Gasteiger partial charge in [-0.05, 0) is 34.8 Å². The highest BCUT2D eigenvalue weighted by molar-refractivity contribution is 9.10. The highest BCUT2D eigenvalue weighted by Crippen LogP contribution is 2.26. The third-order valence-corrected chi connectivity index (χ3v) is 5.16. The zero-order chi connectivity index (χ0) is 16.4. The lowest BCUT2D eigenvalue weighted by atomic mass is 9.93. The van der Waals surface area contributed by atoms with Gasteiger partial charge >= 0.3 is 5.63 Å². The topological polar surface area (TPSA) is 84.7 Å². The van der Waals surface area contributed by atoms with Gasteiger partial charge in [0.15, 0.2) is 5.78 Å². The normalized spacial score (nSPS) is 17.2. The molecular formula is C14H13Br2NO5. The van der Waals surface area contributed by atoms with Crippen LogP contribution < -0.4 is 5.63 Å². The number of imide groups is 1. The Labute approximate surface area is 143 Å². The number of Topliss-reactive ketones (excluding diaryl/α,β-unsaturated/α-hetero) is 1. The van der Waals surface area contributed by atoms with Gasteiger partial charge in [-0.15, -0.1) is 0 Å². The third kappa shape index (κ3) is 3.38. The van der Waals surface area contributed by atoms with Crippen LogP contribution in [0.5, 0.6) is 0 Å². The lowest BCUT2D eigenvalue weighted by molar-refractivity contribution is -0.131. The number of amides is 2. The molecule has 0 aromatic carbocycles. The van der Waals surface area contributed by atoms with E-state index in [2.05, 4.69) is 32.1 Å². The Morgan fingerprint density at radius 1 is 1.00 bits per heavy atom. The molecule has 0 saturated carbocycles. The van der Waals surface area contributed by atoms with Gasteiger partial charge in [0.05, 0.1) is 21.7 Å². The summed E-state index contributed by atoms with van der Waals surface area (Å²) >= 11 is 5.93. The Bertz CT molecular complexity index is 694. The summed E-state index contributed by atoms with van der Waals surface area (Å²) in [6.45, 7) is 1.77. The molecule has 22 heavy (non-hydrogen) atoms. The van der Waals surface area contributed by atoms with E-state index in [-0.39, 0.29) is 17.6 Å². The van der Waals surface area contributed by atoms with Gasteiger partial charge in [-0.3, -0.25) is 14.4 Å². The number of rotatable bonds is 0. The van der Waals surface area contributed by atoms with Crippen LogP contribution in [0.3, 0.4) is 0 Å². The Morgan fingerprint density at radius 2 is 1.59 bits per heavy atom. The van der Waals surface area contributed by atoms with E-state index < -0.39 is 5.63 Å². The maximum Gasteiger partial charge on any atom is 0.350 e. The van der Waals surface area contributed by atoms with Crippen LogP contribution >= 0.6 is 32.1 Å². The Hall–Kier alpha value is -1.28. The van der Waals surface area contributed by atoms with Gasteiger partial charge < -0.3 is 4.42 Å². The quantitative estimate of drug-likeness (QED) is 0.463. The van der Waals surface area contributed by atoms with E-state index >= 15 is 0 Å². The average Bonchev–Trinajstić information content (AvgIpc) is 2.77. The van der Waals surface area contributed by atoms with Crippen molar-refractivity contribution in [2.45, 2.75) is 39.0 Å². The molecule has 1 fully saturated rings. The largest absolute Gasteiger partial charge is 0.426 e. The highest BCUT2D eigenvalue weighted by atomic mass is 79.9. The second kappa shape index (κ2) is 6.87. The Morgan fingerprint density at radius 3 is 2.09 bits per heavy atom. The van der Waals surface area contributed by atoms with Gasteiger partial charge in [0.25, 0.3) is 0 Å². The summed E-state index contributed by atoms with van der Waals surface area (Å²) in [6.07, 6.45) is 2.71. The number of carbonyl (C=O) groups excluding carboxylic acids is 3. The van der Waals surface area contributed by atoms with Gasteiger partial charge in [0, 0.05) is 25.7 Å². The van der Waals surface area contributed by atoms with Gasteiger partial charge in [-0.2, -0.15) is 0 Å². The Kier molecular flexibility index (Phi) is 5.33. The van der Waals surface area contributed by atoms with Crippen molar-refractivity contribution in [3.05, 3.63) is 31.8 Å². The summed E-state index contributed by atoms with van der Waals surface area (Å²) in [5.74, 6) is 0.338. The first kappa shape index (κ1) is 17.1. The van der Waals surface area contributed by atoms with Crippen LogP contribution in [0.1, 0.15) is 47.4 Å². The molecule has 1 aromatic rings. The standard InChI is InChI=1S/C10H9BrO3.C4H4BrNO2/c1-5-8-6(12)3-2-4-7(8)14-10(13)9(5)11;5-6-3(7)1-2-4(6)8/h2-4H2,1H3;1-2H2. The second-order valence-corrected chi connectivity index (χ2v) is 6.47. The first-order chi connectivity index (χ1) is 10.3. The molecule has 1 aromatic heterocycles. The molecule has 0 radical (unpaired) electrons. The summed E-state index contributed by atoms with van der Waals surface area (Å²) in [5.41, 5.74) is 0.916. The van der Waals surface area contributed by atoms with E-state index in [0.717, 1.165) is 10.3 Å². The van der Waals surface area contributed by atoms with Crippen molar-refractivity contribution in [3.63, 3.8) is 0 Å². The Balaban J connectivity index is 0.000000188. The molecule has 1 saturated heterocycles. The lowest BCUT2D eigenvalue weighted by Crippen LogP contribution is -2.17. The van der Waals surface area contributed by atoms with Gasteiger partial charge in [0.2, 0.25) is 11.8 Å². The second-order valence-electron chi connectivity index (χ2n) is 4.97. The van der Waals surface area contributed by atoms with Crippen LogP contribution in [-0.2, 0) is 16.0 Å². The monoisotopic (exact) mass is 433 g/mol. The number of hydrogen-bond acceptors (Lipinski definition) is 5. The van der Waals surface area contributed by atoms with E-state index in [9.17, 15) is 19.2 Å². The summed E-state index contributed by atoms with van der Waals surface area (Å²) in [6, 6.07) is 0. The number of ketones is 1. The van der Waals surface area contributed by atoms with E-state index in [0.29, 0.717) is 47.0 Å². The fourth-order valence-corrected chi connectivity index (χ4v) is 2.94. The van der Waals surface area contributed by atoms with E-state index in [4.69, 9.17) is 4.42 Å². The molecule has 2 amide bonds. The summed E-state index contributed by atoms with van der Waals surface area (Å²) in [5, 5.41) is 0. The molecule has 0 atom stereocenters. The maximum absolute atomic E-state index is 11.6. The zero-order valence-electron chi connectivity index (χ0n) is 11.8. The molecule has 118 valence electrons. The number of carbonyl (C=O) groups is 3. The molecule has 0 spiro atoms. The van der Waals surface area contributed by atoms with Crippen LogP contribution in [0.2, 0.25) is 0 Å². The van der Waals surface area contributed by atoms with E-state index in [1.165, 1.54) is 0 Å². The molecule has 3 rings (SSSR count). The summed E-state index contributed by atoms with van der Waals surface area (Å²) in [7, 11) is 0. The van der Waals surface area contributed by atoms with Crippen molar-refractivity contribution >= 4 is 49.7 Å². The summed E-state index contributed by atoms with van der Waals surface area (Å²) < 4.78 is 6.40. The maximum atomic E-state index is 11.6. The number of nitrogens with zero attached hydrogens (tertiary/aromatic N) is 1. The molecule has 2 heterocycles. The number of halogens is 2. The molecular weight excluding hydrogens is 422 g/mol. The van der Waals surface area contributed by atoms with Gasteiger partial charge in [-0.25, -0.2) is 8.72 Å². The number of aryl methyl sites for hydroxylation is 1. The van der Waals surface area contributed by atoms with Crippen LogP contribution in [0.15, 0.2) is 13.7 Å². The zero-order valence-corrected chi connectivity index (χ0v) is 15.0. The van der Waals surface area contributed by atoms with Crippen molar-refractivity contribution in [3.8, 4) is 0 Å². The molecule has 6 nitrogen and oxygen atoms in total. The highest BCUT2D eigenvalue weighted by Gasteiger charge is 2.26. The predicted octanol–water partition coefficient (Wildman–Crippen LogP) is 2.68. The molecule has 0 unspecified atom stereocenters. The molecule has 0 N–H and O–H groups in total. The summed E-state index contributed by atoms with van der Waals surface area (Å²) in [4.78, 5) is 43.8. The van der Waals surface area contributed by atoms with Crippen molar-refractivity contribution < 1.29 is 18.8 Å². The predicted molar refractivity (Wildman–Crippen MR) is 84.7 cm³/mol. The molecule has 0 bridgehead atoms. The minimum Gasteiger partial charge on any atom is -0.426 e. The fraction of sp³-hybridized carbons (Fsp3) is 0.429. The molecule has 8 heteroatoms. The first-order valence-electron chi connectivity index (χ1n) is 6.69. The third-order valence-electron chi connectivity index (χ3n) is 3.46. The van der Waals surface area contributed by atoms with Crippen molar-refractivity contribution in [2.24, 2.45) is 0 Å². The lowest BCUT2D eigenvalue weighted by Gasteiger charge is -2.15. The molecule has 1 aliphatic carbocycles. The SMILES string of the molecule is Cc1c2c(oc(=O)c1Br)CCCC2=O.O=C1CCC(=O)N1Br. The number of hydrogen-bond donors (Lipinski definition) is 0. The first-order valence-corrected chi connectivity index (χ1v) is 8.20. The van der Waals surface area contributed by atoms with Crippen LogP contribution in [0.25, 0.3) is 0 Å².